The number of carbonyl (C=O) groups excluding carboxylic acids is 2. The predicted octanol–water partition coefficient (Wildman–Crippen LogP) is 7.53. The number of anilines is 2. The van der Waals surface area contributed by atoms with Gasteiger partial charge in [0.1, 0.15) is 5.75 Å². The van der Waals surface area contributed by atoms with Crippen molar-refractivity contribution >= 4 is 79.3 Å². The van der Waals surface area contributed by atoms with Gasteiger partial charge < -0.3 is 14.9 Å². The first-order valence-corrected chi connectivity index (χ1v) is 14.9. The number of rotatable bonds is 4. The van der Waals surface area contributed by atoms with Crippen LogP contribution in [0.5, 0.6) is 5.75 Å². The van der Waals surface area contributed by atoms with E-state index in [1.165, 1.54) is 11.3 Å². The van der Waals surface area contributed by atoms with Crippen LogP contribution in [-0.2, 0) is 0 Å². The molecule has 2 atom stereocenters. The summed E-state index contributed by atoms with van der Waals surface area (Å²) in [5, 5.41) is 14.4. The van der Waals surface area contributed by atoms with Gasteiger partial charge in [0.2, 0.25) is 0 Å². The molecule has 2 aliphatic heterocycles. The zero-order valence-corrected chi connectivity index (χ0v) is 23.6. The van der Waals surface area contributed by atoms with Crippen LogP contribution in [0.3, 0.4) is 0 Å². The summed E-state index contributed by atoms with van der Waals surface area (Å²) in [5.74, 6) is 0.440. The number of phenols is 1. The summed E-state index contributed by atoms with van der Waals surface area (Å²) in [5.41, 5.74) is 3.51. The van der Waals surface area contributed by atoms with Gasteiger partial charge in [0.05, 0.1) is 15.4 Å². The van der Waals surface area contributed by atoms with Crippen LogP contribution in [0.25, 0.3) is 21.5 Å². The van der Waals surface area contributed by atoms with Crippen molar-refractivity contribution in [2.75, 3.05) is 34.6 Å². The van der Waals surface area contributed by atoms with Crippen LogP contribution in [0.15, 0.2) is 72.8 Å². The Bertz CT molecular complexity index is 1830. The number of phenolic OH excluding ortho intramolecular Hbond substituents is 1. The van der Waals surface area contributed by atoms with Crippen LogP contribution in [-0.4, -0.2) is 41.8 Å². The number of alkyl halides is 2. The second kappa shape index (κ2) is 9.81. The highest BCUT2D eigenvalue weighted by Gasteiger charge is 2.37. The Morgan fingerprint density at radius 2 is 1.35 bits per heavy atom. The third kappa shape index (κ3) is 3.81. The summed E-state index contributed by atoms with van der Waals surface area (Å²) < 4.78 is 0. The third-order valence-electron chi connectivity index (χ3n) is 7.99. The van der Waals surface area contributed by atoms with E-state index in [2.05, 4.69) is 6.07 Å². The van der Waals surface area contributed by atoms with Gasteiger partial charge in [-0.05, 0) is 51.6 Å². The molecular weight excluding hydrogens is 563 g/mol. The molecule has 0 saturated heterocycles. The minimum absolute atomic E-state index is 0.0114. The Balaban J connectivity index is 1.22. The molecule has 5 nitrogen and oxygen atoms in total. The summed E-state index contributed by atoms with van der Waals surface area (Å²) in [7, 11) is 0. The Kier molecular flexibility index (Phi) is 6.22. The summed E-state index contributed by atoms with van der Waals surface area (Å²) in [6.07, 6.45) is 0. The number of carbonyl (C=O) groups is 2. The summed E-state index contributed by atoms with van der Waals surface area (Å²) >= 11 is 13.9. The Hall–Kier alpha value is -3.58. The zero-order valence-electron chi connectivity index (χ0n) is 21.2. The average Bonchev–Trinajstić information content (AvgIpc) is 3.72. The van der Waals surface area contributed by atoms with Gasteiger partial charge in [0.25, 0.3) is 11.8 Å². The Morgan fingerprint density at radius 1 is 0.800 bits per heavy atom. The topological polar surface area (TPSA) is 60.9 Å². The molecule has 199 valence electrons. The zero-order chi connectivity index (χ0) is 27.5. The van der Waals surface area contributed by atoms with Crippen LogP contribution < -0.4 is 9.80 Å². The van der Waals surface area contributed by atoms with E-state index in [0.29, 0.717) is 40.3 Å². The fourth-order valence-corrected chi connectivity index (χ4v) is 7.57. The number of fused-ring (bicyclic) bond motifs is 6. The number of nitrogens with zero attached hydrogens (tertiary/aromatic N) is 2. The van der Waals surface area contributed by atoms with E-state index in [-0.39, 0.29) is 29.4 Å². The monoisotopic (exact) mass is 585 g/mol. The first-order chi connectivity index (χ1) is 19.5. The number of thiophene rings is 1. The van der Waals surface area contributed by atoms with Crippen LogP contribution in [0, 0.1) is 6.07 Å². The minimum atomic E-state index is -0.215. The molecule has 0 saturated carbocycles. The Labute approximate surface area is 245 Å². The van der Waals surface area contributed by atoms with E-state index < -0.39 is 0 Å². The molecule has 0 spiro atoms. The molecule has 1 aromatic heterocycles. The van der Waals surface area contributed by atoms with E-state index in [0.717, 1.165) is 38.4 Å². The molecule has 7 rings (SSSR count). The van der Waals surface area contributed by atoms with Gasteiger partial charge in [0.15, 0.2) is 0 Å². The van der Waals surface area contributed by atoms with E-state index in [4.69, 9.17) is 23.2 Å². The first kappa shape index (κ1) is 25.4. The lowest BCUT2D eigenvalue weighted by atomic mass is 9.95. The second-order valence-corrected chi connectivity index (χ2v) is 11.9. The van der Waals surface area contributed by atoms with Crippen LogP contribution in [0.2, 0.25) is 0 Å². The standard InChI is InChI=1S/C32H23Cl2N2O3S/c33-14-19-16-35(24-10-9-18-5-1-2-6-21(18)29(19)24)31(38)27-11-12-28(40-27)32(39)36-17-20(15-34)30-23-8-4-3-7-22(23)26(37)13-25(30)36/h1-8,10-13,19-20,37H,14-17H2/t19-,20-/m1/s1. The van der Waals surface area contributed by atoms with Crippen molar-refractivity contribution in [3.63, 3.8) is 0 Å². The lowest BCUT2D eigenvalue weighted by Gasteiger charge is -2.18. The summed E-state index contributed by atoms with van der Waals surface area (Å²) in [6, 6.07) is 25.9. The maximum absolute atomic E-state index is 13.8. The summed E-state index contributed by atoms with van der Waals surface area (Å²) in [6.45, 7) is 0.885. The predicted molar refractivity (Wildman–Crippen MR) is 163 cm³/mol. The first-order valence-electron chi connectivity index (χ1n) is 13.0. The fourth-order valence-electron chi connectivity index (χ4n) is 6.17. The highest BCUT2D eigenvalue weighted by molar-refractivity contribution is 7.16. The van der Waals surface area contributed by atoms with Crippen LogP contribution in [0.1, 0.15) is 42.3 Å². The molecule has 5 aromatic rings. The van der Waals surface area contributed by atoms with Gasteiger partial charge in [-0.2, -0.15) is 0 Å². The van der Waals surface area contributed by atoms with Crippen molar-refractivity contribution in [2.45, 2.75) is 11.8 Å². The van der Waals surface area contributed by atoms with Crippen molar-refractivity contribution in [1.29, 1.82) is 0 Å². The number of amides is 2. The molecule has 0 bridgehead atoms. The van der Waals surface area contributed by atoms with E-state index >= 15 is 0 Å². The number of hydrogen-bond acceptors (Lipinski definition) is 4. The molecule has 2 amide bonds. The molecule has 1 N–H and O–H groups in total. The minimum Gasteiger partial charge on any atom is -0.507 e. The number of aromatic hydroxyl groups is 1. The molecule has 0 aliphatic carbocycles. The molecule has 40 heavy (non-hydrogen) atoms. The lowest BCUT2D eigenvalue weighted by molar-refractivity contribution is 0.0986. The van der Waals surface area contributed by atoms with Crippen molar-refractivity contribution in [3.05, 3.63) is 99.7 Å². The van der Waals surface area contributed by atoms with Gasteiger partial charge in [-0.1, -0.05) is 48.5 Å². The molecule has 3 heterocycles. The van der Waals surface area contributed by atoms with E-state index in [1.54, 1.807) is 28.0 Å². The molecule has 2 aliphatic rings. The van der Waals surface area contributed by atoms with Crippen molar-refractivity contribution in [2.24, 2.45) is 0 Å². The molecule has 4 aromatic carbocycles. The van der Waals surface area contributed by atoms with Gasteiger partial charge in [-0.25, -0.2) is 0 Å². The number of hydrogen-bond donors (Lipinski definition) is 1. The second-order valence-electron chi connectivity index (χ2n) is 10.2. The lowest BCUT2D eigenvalue weighted by Crippen LogP contribution is -2.30. The van der Waals surface area contributed by atoms with Gasteiger partial charge >= 0.3 is 0 Å². The van der Waals surface area contributed by atoms with Gasteiger partial charge in [-0.15, -0.1) is 34.5 Å². The van der Waals surface area contributed by atoms with Crippen molar-refractivity contribution < 1.29 is 14.7 Å². The maximum Gasteiger partial charge on any atom is 0.268 e. The molecule has 0 fully saturated rings. The SMILES string of the molecule is O=C(c1ccc(C(=O)N2C[C@@H](CCl)c3c2cc(O)c2ccccc32)s1)N1C[C@@H](CCl)c2c1c[c]c1ccccc21. The fraction of sp³-hybridized carbons (Fsp3) is 0.188. The Morgan fingerprint density at radius 3 is 2.00 bits per heavy atom. The summed E-state index contributed by atoms with van der Waals surface area (Å²) in [4.78, 5) is 31.9. The van der Waals surface area contributed by atoms with Crippen molar-refractivity contribution in [3.8, 4) is 5.75 Å². The number of halogens is 2. The normalized spacial score (nSPS) is 17.9. The molecule has 0 unspecified atom stereocenters. The largest absolute Gasteiger partial charge is 0.507 e. The van der Waals surface area contributed by atoms with E-state index in [9.17, 15) is 14.7 Å². The maximum atomic E-state index is 13.8. The molecule has 1 radical (unpaired) electrons. The average molecular weight is 587 g/mol. The van der Waals surface area contributed by atoms with Crippen molar-refractivity contribution in [1.82, 2.24) is 0 Å². The quantitative estimate of drug-likeness (QED) is 0.222. The highest BCUT2D eigenvalue weighted by Crippen LogP contribution is 2.46. The van der Waals surface area contributed by atoms with Crippen LogP contribution in [0.4, 0.5) is 11.4 Å². The smallest absolute Gasteiger partial charge is 0.268 e. The third-order valence-corrected chi connectivity index (χ3v) is 9.80. The van der Waals surface area contributed by atoms with Gasteiger partial charge in [-0.3, -0.25) is 9.59 Å². The van der Waals surface area contributed by atoms with Crippen LogP contribution >= 0.6 is 34.5 Å². The van der Waals surface area contributed by atoms with E-state index in [1.807, 2.05) is 54.6 Å². The number of benzene rings is 4. The van der Waals surface area contributed by atoms with Gasteiger partial charge in [0, 0.05) is 53.8 Å². The highest BCUT2D eigenvalue weighted by atomic mass is 35.5. The molecular formula is C32H23Cl2N2O3S. The molecule has 8 heteroatoms.